The van der Waals surface area contributed by atoms with E-state index in [1.165, 1.54) is 6.20 Å². The van der Waals surface area contributed by atoms with Gasteiger partial charge < -0.3 is 16.5 Å². The number of hydrogen-bond donors (Lipinski definition) is 4. The first-order chi connectivity index (χ1) is 8.54. The highest BCUT2D eigenvalue weighted by molar-refractivity contribution is 5.99. The predicted molar refractivity (Wildman–Crippen MR) is 67.5 cm³/mol. The largest absolute Gasteiger partial charge is 0.370 e. The summed E-state index contributed by atoms with van der Waals surface area (Å²) < 4.78 is 0. The molecular weight excluding hydrogens is 234 g/mol. The number of primary amides is 1. The van der Waals surface area contributed by atoms with Crippen LogP contribution in [0.3, 0.4) is 0 Å². The zero-order valence-corrected chi connectivity index (χ0v) is 10.2. The maximum atomic E-state index is 11.8. The Bertz CT molecular complexity index is 447. The number of hydrogen-bond acceptors (Lipinski definition) is 5. The molecule has 0 unspecified atom stereocenters. The molecule has 0 aliphatic rings. The number of aromatic nitrogens is 1. The molecule has 2 amide bonds. The summed E-state index contributed by atoms with van der Waals surface area (Å²) in [7, 11) is 0. The van der Waals surface area contributed by atoms with Crippen molar-refractivity contribution in [3.63, 3.8) is 0 Å². The van der Waals surface area contributed by atoms with Crippen LogP contribution in [0.2, 0.25) is 0 Å². The van der Waals surface area contributed by atoms with Gasteiger partial charge in [-0.05, 0) is 19.4 Å². The molecule has 98 valence electrons. The van der Waals surface area contributed by atoms with E-state index < -0.39 is 0 Å². The van der Waals surface area contributed by atoms with Crippen LogP contribution in [0.4, 0.5) is 5.69 Å². The van der Waals surface area contributed by atoms with E-state index >= 15 is 0 Å². The third-order valence-corrected chi connectivity index (χ3v) is 2.33. The molecule has 1 rings (SSSR count). The molecule has 6 N–H and O–H groups in total. The summed E-state index contributed by atoms with van der Waals surface area (Å²) in [4.78, 5) is 26.4. The third kappa shape index (κ3) is 4.02. The molecule has 1 aromatic heterocycles. The molecule has 7 nitrogen and oxygen atoms in total. The van der Waals surface area contributed by atoms with Crippen molar-refractivity contribution in [3.05, 3.63) is 23.5 Å². The number of nitrogens with zero attached hydrogens (tertiary/aromatic N) is 1. The Hall–Kier alpha value is -2.15. The van der Waals surface area contributed by atoms with Gasteiger partial charge >= 0.3 is 0 Å². The Morgan fingerprint density at radius 2 is 2.17 bits per heavy atom. The average molecular weight is 251 g/mol. The number of hydrazine groups is 1. The maximum Gasteiger partial charge on any atom is 0.255 e. The van der Waals surface area contributed by atoms with Crippen molar-refractivity contribution < 1.29 is 9.59 Å². The van der Waals surface area contributed by atoms with Crippen LogP contribution in [0.15, 0.2) is 12.3 Å². The Kier molecular flexibility index (Phi) is 5.06. The van der Waals surface area contributed by atoms with Crippen LogP contribution in [0.5, 0.6) is 0 Å². The molecule has 0 radical (unpaired) electrons. The lowest BCUT2D eigenvalue weighted by Gasteiger charge is -2.09. The first-order valence-corrected chi connectivity index (χ1v) is 5.54. The van der Waals surface area contributed by atoms with Crippen molar-refractivity contribution in [1.82, 2.24) is 10.3 Å². The van der Waals surface area contributed by atoms with Gasteiger partial charge in [-0.3, -0.25) is 20.4 Å². The topological polar surface area (TPSA) is 123 Å². The minimum Gasteiger partial charge on any atom is -0.370 e. The van der Waals surface area contributed by atoms with Gasteiger partial charge in [-0.1, -0.05) is 0 Å². The van der Waals surface area contributed by atoms with E-state index in [4.69, 9.17) is 11.6 Å². The summed E-state index contributed by atoms with van der Waals surface area (Å²) in [6.07, 6.45) is 2.20. The van der Waals surface area contributed by atoms with Gasteiger partial charge in [0.1, 0.15) is 0 Å². The summed E-state index contributed by atoms with van der Waals surface area (Å²) in [5, 5.41) is 2.67. The Labute approximate surface area is 105 Å². The SMILES string of the molecule is Cc1cc(NN)c(C(=O)NCCCC(N)=O)cn1. The van der Waals surface area contributed by atoms with Crippen LogP contribution < -0.4 is 22.3 Å². The predicted octanol–water partition coefficient (Wildman–Crippen LogP) is -0.329. The minimum absolute atomic E-state index is 0.244. The van der Waals surface area contributed by atoms with E-state index in [-0.39, 0.29) is 18.2 Å². The molecule has 7 heteroatoms. The lowest BCUT2D eigenvalue weighted by molar-refractivity contribution is -0.118. The standard InChI is InChI=1S/C11H17N5O2/c1-7-5-9(16-13)8(6-15-7)11(18)14-4-2-3-10(12)17/h5-6H,2-4,13H2,1H3,(H2,12,17)(H,14,18)(H,15,16). The van der Waals surface area contributed by atoms with Crippen LogP contribution in [-0.4, -0.2) is 23.3 Å². The van der Waals surface area contributed by atoms with Crippen LogP contribution >= 0.6 is 0 Å². The van der Waals surface area contributed by atoms with Crippen molar-refractivity contribution in [2.75, 3.05) is 12.0 Å². The second-order valence-corrected chi connectivity index (χ2v) is 3.84. The van der Waals surface area contributed by atoms with Crippen LogP contribution in [0.1, 0.15) is 28.9 Å². The summed E-state index contributed by atoms with van der Waals surface area (Å²) in [6.45, 7) is 2.18. The summed E-state index contributed by atoms with van der Waals surface area (Å²) in [5.41, 5.74) is 9.08. The zero-order chi connectivity index (χ0) is 13.5. The second kappa shape index (κ2) is 6.55. The second-order valence-electron chi connectivity index (χ2n) is 3.84. The smallest absolute Gasteiger partial charge is 0.255 e. The first kappa shape index (κ1) is 13.9. The van der Waals surface area contributed by atoms with Gasteiger partial charge in [-0.2, -0.15) is 0 Å². The highest BCUT2D eigenvalue weighted by atomic mass is 16.2. The van der Waals surface area contributed by atoms with E-state index in [9.17, 15) is 9.59 Å². The summed E-state index contributed by atoms with van der Waals surface area (Å²) in [5.74, 6) is 4.66. The van der Waals surface area contributed by atoms with E-state index in [0.29, 0.717) is 24.2 Å². The summed E-state index contributed by atoms with van der Waals surface area (Å²) >= 11 is 0. The molecule has 0 aliphatic heterocycles. The Morgan fingerprint density at radius 3 is 2.78 bits per heavy atom. The molecule has 0 saturated carbocycles. The minimum atomic E-state index is -0.384. The molecule has 1 heterocycles. The van der Waals surface area contributed by atoms with E-state index in [1.807, 2.05) is 0 Å². The number of aryl methyl sites for hydroxylation is 1. The lowest BCUT2D eigenvalue weighted by Crippen LogP contribution is -2.27. The van der Waals surface area contributed by atoms with E-state index in [2.05, 4.69) is 15.7 Å². The van der Waals surface area contributed by atoms with Gasteiger partial charge in [-0.25, -0.2) is 0 Å². The molecular formula is C11H17N5O2. The van der Waals surface area contributed by atoms with Crippen molar-refractivity contribution >= 4 is 17.5 Å². The molecule has 0 spiro atoms. The number of carbonyl (C=O) groups is 2. The monoisotopic (exact) mass is 251 g/mol. The summed E-state index contributed by atoms with van der Waals surface area (Å²) in [6, 6.07) is 1.68. The zero-order valence-electron chi connectivity index (χ0n) is 10.2. The highest BCUT2D eigenvalue weighted by Crippen LogP contribution is 2.13. The highest BCUT2D eigenvalue weighted by Gasteiger charge is 2.11. The fourth-order valence-electron chi connectivity index (χ4n) is 1.42. The molecule has 0 bridgehead atoms. The quantitative estimate of drug-likeness (QED) is 0.313. The first-order valence-electron chi connectivity index (χ1n) is 5.54. The van der Waals surface area contributed by atoms with Gasteiger partial charge in [0.15, 0.2) is 0 Å². The normalized spacial score (nSPS) is 9.89. The molecule has 18 heavy (non-hydrogen) atoms. The third-order valence-electron chi connectivity index (χ3n) is 2.33. The van der Waals surface area contributed by atoms with Crippen LogP contribution in [-0.2, 0) is 4.79 Å². The molecule has 0 aromatic carbocycles. The number of carbonyl (C=O) groups excluding carboxylic acids is 2. The van der Waals surface area contributed by atoms with Crippen LogP contribution in [0.25, 0.3) is 0 Å². The van der Waals surface area contributed by atoms with Crippen molar-refractivity contribution in [2.24, 2.45) is 11.6 Å². The fourth-order valence-corrected chi connectivity index (χ4v) is 1.42. The maximum absolute atomic E-state index is 11.8. The van der Waals surface area contributed by atoms with Crippen molar-refractivity contribution in [1.29, 1.82) is 0 Å². The lowest BCUT2D eigenvalue weighted by atomic mass is 10.2. The molecule has 0 aliphatic carbocycles. The van der Waals surface area contributed by atoms with Crippen molar-refractivity contribution in [2.45, 2.75) is 19.8 Å². The van der Waals surface area contributed by atoms with E-state index in [0.717, 1.165) is 5.69 Å². The fraction of sp³-hybridized carbons (Fsp3) is 0.364. The number of nitrogen functional groups attached to an aromatic ring is 1. The number of pyridine rings is 1. The van der Waals surface area contributed by atoms with Gasteiger partial charge in [0.05, 0.1) is 11.3 Å². The Morgan fingerprint density at radius 1 is 1.44 bits per heavy atom. The number of nitrogens with one attached hydrogen (secondary N) is 2. The van der Waals surface area contributed by atoms with Gasteiger partial charge in [0, 0.05) is 24.9 Å². The van der Waals surface area contributed by atoms with Crippen molar-refractivity contribution in [3.8, 4) is 0 Å². The average Bonchev–Trinajstić information content (AvgIpc) is 2.33. The Balaban J connectivity index is 2.58. The number of nitrogens with two attached hydrogens (primary N) is 2. The number of anilines is 1. The number of amides is 2. The van der Waals surface area contributed by atoms with Gasteiger partial charge in [-0.15, -0.1) is 0 Å². The van der Waals surface area contributed by atoms with Gasteiger partial charge in [0.25, 0.3) is 5.91 Å². The molecule has 1 aromatic rings. The molecule has 0 saturated heterocycles. The molecule has 0 fully saturated rings. The van der Waals surface area contributed by atoms with E-state index in [1.54, 1.807) is 13.0 Å². The van der Waals surface area contributed by atoms with Gasteiger partial charge in [0.2, 0.25) is 5.91 Å². The molecule has 0 atom stereocenters. The van der Waals surface area contributed by atoms with Crippen LogP contribution in [0, 0.1) is 6.92 Å². The number of rotatable bonds is 6.